The number of hydrogen-bond acceptors (Lipinski definition) is 7. The first-order valence-corrected chi connectivity index (χ1v) is 9.91. The molecule has 0 fully saturated rings. The van der Waals surface area contributed by atoms with Gasteiger partial charge in [-0.1, -0.05) is 13.8 Å². The quantitative estimate of drug-likeness (QED) is 0.529. The molecule has 0 saturated heterocycles. The first-order valence-electron chi connectivity index (χ1n) is 8.47. The van der Waals surface area contributed by atoms with E-state index in [9.17, 15) is 13.5 Å². The molecule has 0 saturated carbocycles. The third-order valence-electron chi connectivity index (χ3n) is 4.01. The smallest absolute Gasteiger partial charge is 0.244 e. The topological polar surface area (TPSA) is 104 Å². The average molecular weight is 392 g/mol. The number of aromatic hydroxyl groups is 1. The number of phenols is 1. The third kappa shape index (κ3) is 4.75. The minimum Gasteiger partial charge on any atom is -0.507 e. The van der Waals surface area contributed by atoms with E-state index in [1.54, 1.807) is 46.1 Å². The summed E-state index contributed by atoms with van der Waals surface area (Å²) in [5, 5.41) is 14.2. The zero-order valence-corrected chi connectivity index (χ0v) is 16.6. The Morgan fingerprint density at radius 2 is 1.96 bits per heavy atom. The molecule has 8 nitrogen and oxygen atoms in total. The molecule has 0 aliphatic rings. The molecule has 2 aromatic rings. The van der Waals surface area contributed by atoms with E-state index in [4.69, 9.17) is 4.74 Å². The molecule has 0 amide bonds. The standard InChI is InChI=1S/C18H24N4O4S/c1-5-22(6-2)27(24,25)15-8-10-18(19-12-15)21-20-13(3)16-11-14(26-4)7-9-17(16)23/h7-12,23H,5-6H2,1-4H3,(H,19,21)/b20-13+. The lowest BCUT2D eigenvalue weighted by Gasteiger charge is -2.18. The number of aromatic nitrogens is 1. The molecule has 2 N–H and O–H groups in total. The van der Waals surface area contributed by atoms with E-state index in [-0.39, 0.29) is 10.6 Å². The fourth-order valence-electron chi connectivity index (χ4n) is 2.44. The maximum absolute atomic E-state index is 12.5. The monoisotopic (exact) mass is 392 g/mol. The number of nitrogens with one attached hydrogen (secondary N) is 1. The Bertz CT molecular complexity index is 907. The number of sulfonamides is 1. The van der Waals surface area contributed by atoms with Gasteiger partial charge in [-0.3, -0.25) is 5.43 Å². The van der Waals surface area contributed by atoms with Crippen LogP contribution in [0.25, 0.3) is 0 Å². The number of benzene rings is 1. The van der Waals surface area contributed by atoms with Crippen LogP contribution in [0.2, 0.25) is 0 Å². The van der Waals surface area contributed by atoms with Crippen LogP contribution in [0.4, 0.5) is 5.82 Å². The van der Waals surface area contributed by atoms with Gasteiger partial charge in [-0.05, 0) is 37.3 Å². The fourth-order valence-corrected chi connectivity index (χ4v) is 3.85. The summed E-state index contributed by atoms with van der Waals surface area (Å²) in [6.07, 6.45) is 1.30. The maximum atomic E-state index is 12.5. The van der Waals surface area contributed by atoms with Crippen LogP contribution >= 0.6 is 0 Å². The molecule has 9 heteroatoms. The van der Waals surface area contributed by atoms with Crippen molar-refractivity contribution in [3.63, 3.8) is 0 Å². The lowest BCUT2D eigenvalue weighted by atomic mass is 10.1. The van der Waals surface area contributed by atoms with Crippen LogP contribution in [0.15, 0.2) is 46.5 Å². The van der Waals surface area contributed by atoms with Crippen molar-refractivity contribution < 1.29 is 18.3 Å². The van der Waals surface area contributed by atoms with Crippen molar-refractivity contribution in [3.8, 4) is 11.5 Å². The van der Waals surface area contributed by atoms with Crippen LogP contribution in [0.5, 0.6) is 11.5 Å². The van der Waals surface area contributed by atoms with Crippen LogP contribution in [0.1, 0.15) is 26.3 Å². The molecule has 0 atom stereocenters. The minimum atomic E-state index is -3.55. The minimum absolute atomic E-state index is 0.0764. The van der Waals surface area contributed by atoms with Crippen LogP contribution in [-0.4, -0.2) is 48.7 Å². The molecule has 0 aliphatic heterocycles. The van der Waals surface area contributed by atoms with E-state index in [0.29, 0.717) is 35.9 Å². The summed E-state index contributed by atoms with van der Waals surface area (Å²) in [7, 11) is -2.00. The second-order valence-corrected chi connectivity index (χ2v) is 7.60. The van der Waals surface area contributed by atoms with Crippen LogP contribution in [0.3, 0.4) is 0 Å². The largest absolute Gasteiger partial charge is 0.507 e. The molecule has 146 valence electrons. The number of nitrogens with zero attached hydrogens (tertiary/aromatic N) is 3. The van der Waals surface area contributed by atoms with Gasteiger partial charge in [0.1, 0.15) is 22.2 Å². The summed E-state index contributed by atoms with van der Waals surface area (Å²) >= 11 is 0. The number of hydrazone groups is 1. The van der Waals surface area contributed by atoms with E-state index in [1.807, 2.05) is 0 Å². The Morgan fingerprint density at radius 1 is 1.26 bits per heavy atom. The Balaban J connectivity index is 2.18. The van der Waals surface area contributed by atoms with Crippen LogP contribution < -0.4 is 10.2 Å². The highest BCUT2D eigenvalue weighted by Crippen LogP contribution is 2.23. The first kappa shape index (κ1) is 20.7. The molecular formula is C18H24N4O4S. The van der Waals surface area contributed by atoms with Gasteiger partial charge in [0.25, 0.3) is 0 Å². The molecule has 0 spiro atoms. The Labute approximate surface area is 159 Å². The van der Waals surface area contributed by atoms with Crippen LogP contribution in [-0.2, 0) is 10.0 Å². The summed E-state index contributed by atoms with van der Waals surface area (Å²) in [5.41, 5.74) is 3.80. The number of methoxy groups -OCH3 is 1. The molecule has 1 aromatic heterocycles. The molecule has 27 heavy (non-hydrogen) atoms. The SMILES string of the molecule is CCN(CC)S(=O)(=O)c1ccc(N/N=C(\C)c2cc(OC)ccc2O)nc1. The lowest BCUT2D eigenvalue weighted by molar-refractivity contribution is 0.412. The summed E-state index contributed by atoms with van der Waals surface area (Å²) in [4.78, 5) is 4.23. The van der Waals surface area contributed by atoms with E-state index in [2.05, 4.69) is 15.5 Å². The fraction of sp³-hybridized carbons (Fsp3) is 0.333. The van der Waals surface area contributed by atoms with E-state index in [1.165, 1.54) is 22.6 Å². The summed E-state index contributed by atoms with van der Waals surface area (Å²) in [6.45, 7) is 6.09. The van der Waals surface area contributed by atoms with E-state index < -0.39 is 10.0 Å². The molecule has 2 rings (SSSR count). The Morgan fingerprint density at radius 3 is 2.52 bits per heavy atom. The highest BCUT2D eigenvalue weighted by Gasteiger charge is 2.21. The summed E-state index contributed by atoms with van der Waals surface area (Å²) in [5.74, 6) is 1.06. The van der Waals surface area contributed by atoms with Gasteiger partial charge in [0, 0.05) is 24.8 Å². The number of pyridine rings is 1. The highest BCUT2D eigenvalue weighted by atomic mass is 32.2. The summed E-state index contributed by atoms with van der Waals surface area (Å²) < 4.78 is 31.4. The molecular weight excluding hydrogens is 368 g/mol. The van der Waals surface area contributed by atoms with Gasteiger partial charge < -0.3 is 9.84 Å². The number of anilines is 1. The second-order valence-electron chi connectivity index (χ2n) is 5.66. The van der Waals surface area contributed by atoms with Crippen molar-refractivity contribution in [3.05, 3.63) is 42.1 Å². The van der Waals surface area contributed by atoms with Crippen molar-refractivity contribution in [1.29, 1.82) is 0 Å². The van der Waals surface area contributed by atoms with Gasteiger partial charge in [0.05, 0.1) is 12.8 Å². The van der Waals surface area contributed by atoms with Crippen molar-refractivity contribution in [2.75, 3.05) is 25.6 Å². The second kappa shape index (κ2) is 8.83. The molecule has 0 bridgehead atoms. The number of ether oxygens (including phenoxy) is 1. The first-order chi connectivity index (χ1) is 12.8. The maximum Gasteiger partial charge on any atom is 0.244 e. The molecule has 0 aliphatic carbocycles. The van der Waals surface area contributed by atoms with Crippen molar-refractivity contribution in [2.24, 2.45) is 5.10 Å². The highest BCUT2D eigenvalue weighted by molar-refractivity contribution is 7.89. The zero-order valence-electron chi connectivity index (χ0n) is 15.8. The zero-order chi connectivity index (χ0) is 20.0. The lowest BCUT2D eigenvalue weighted by Crippen LogP contribution is -2.30. The predicted molar refractivity (Wildman–Crippen MR) is 105 cm³/mol. The average Bonchev–Trinajstić information content (AvgIpc) is 2.67. The Kier molecular flexibility index (Phi) is 6.75. The molecule has 1 aromatic carbocycles. The number of phenolic OH excluding ortho intramolecular Hbond substituents is 1. The van der Waals surface area contributed by atoms with Crippen molar-refractivity contribution >= 4 is 21.6 Å². The molecule has 1 heterocycles. The van der Waals surface area contributed by atoms with E-state index >= 15 is 0 Å². The van der Waals surface area contributed by atoms with Gasteiger partial charge in [-0.25, -0.2) is 13.4 Å². The van der Waals surface area contributed by atoms with E-state index in [0.717, 1.165) is 0 Å². The Hall–Kier alpha value is -2.65. The predicted octanol–water partition coefficient (Wildman–Crippen LogP) is 2.66. The summed E-state index contributed by atoms with van der Waals surface area (Å²) in [6, 6.07) is 7.87. The van der Waals surface area contributed by atoms with Gasteiger partial charge in [-0.15, -0.1) is 0 Å². The van der Waals surface area contributed by atoms with Crippen molar-refractivity contribution in [2.45, 2.75) is 25.7 Å². The van der Waals surface area contributed by atoms with Gasteiger partial charge >= 0.3 is 0 Å². The van der Waals surface area contributed by atoms with Gasteiger partial charge in [0.15, 0.2) is 0 Å². The van der Waals surface area contributed by atoms with Gasteiger partial charge in [-0.2, -0.15) is 9.41 Å². The van der Waals surface area contributed by atoms with Gasteiger partial charge in [0.2, 0.25) is 10.0 Å². The van der Waals surface area contributed by atoms with Crippen LogP contribution in [0, 0.1) is 0 Å². The number of hydrogen-bond donors (Lipinski definition) is 2. The van der Waals surface area contributed by atoms with Crippen molar-refractivity contribution in [1.82, 2.24) is 9.29 Å². The molecule has 0 unspecified atom stereocenters. The molecule has 0 radical (unpaired) electrons. The number of rotatable bonds is 8. The normalized spacial score (nSPS) is 12.3. The third-order valence-corrected chi connectivity index (χ3v) is 6.04.